The smallest absolute Gasteiger partial charge is 0.122 e. The molecular formula is C12H19NO2. The van der Waals surface area contributed by atoms with Crippen LogP contribution in [0.1, 0.15) is 24.0 Å². The van der Waals surface area contributed by atoms with Gasteiger partial charge in [0.2, 0.25) is 0 Å². The predicted octanol–water partition coefficient (Wildman–Crippen LogP) is 1.90. The third kappa shape index (κ3) is 2.94. The third-order valence-corrected chi connectivity index (χ3v) is 2.49. The van der Waals surface area contributed by atoms with Gasteiger partial charge in [0.25, 0.3) is 0 Å². The lowest BCUT2D eigenvalue weighted by molar-refractivity contribution is 0.184. The fourth-order valence-electron chi connectivity index (χ4n) is 1.55. The number of nitrogens with two attached hydrogens (primary N) is 1. The van der Waals surface area contributed by atoms with Crippen molar-refractivity contribution in [1.82, 2.24) is 0 Å². The molecule has 0 saturated heterocycles. The highest BCUT2D eigenvalue weighted by Crippen LogP contribution is 2.27. The van der Waals surface area contributed by atoms with Gasteiger partial charge in [-0.15, -0.1) is 0 Å². The Morgan fingerprint density at radius 1 is 1.33 bits per heavy atom. The van der Waals surface area contributed by atoms with Gasteiger partial charge >= 0.3 is 0 Å². The zero-order chi connectivity index (χ0) is 11.3. The quantitative estimate of drug-likeness (QED) is 0.805. The first-order valence-electron chi connectivity index (χ1n) is 5.08. The molecule has 2 N–H and O–H groups in total. The van der Waals surface area contributed by atoms with Crippen LogP contribution in [0, 0.1) is 0 Å². The molecule has 84 valence electrons. The molecule has 15 heavy (non-hydrogen) atoms. The van der Waals surface area contributed by atoms with Crippen molar-refractivity contribution in [3.8, 4) is 5.75 Å². The van der Waals surface area contributed by atoms with Crippen molar-refractivity contribution < 1.29 is 9.47 Å². The normalized spacial score (nSPS) is 12.5. The fraction of sp³-hybridized carbons (Fsp3) is 0.500. The minimum atomic E-state index is 0.316. The van der Waals surface area contributed by atoms with Gasteiger partial charge in [0, 0.05) is 7.11 Å². The molecule has 1 aromatic carbocycles. The van der Waals surface area contributed by atoms with Crippen LogP contribution in [-0.4, -0.2) is 20.8 Å². The van der Waals surface area contributed by atoms with Crippen LogP contribution in [0.5, 0.6) is 5.75 Å². The van der Waals surface area contributed by atoms with E-state index < -0.39 is 0 Å². The molecule has 1 rings (SSSR count). The third-order valence-electron chi connectivity index (χ3n) is 2.49. The number of benzene rings is 1. The van der Waals surface area contributed by atoms with E-state index in [0.717, 1.165) is 16.9 Å². The lowest BCUT2D eigenvalue weighted by Crippen LogP contribution is -2.10. The molecule has 0 spiro atoms. The van der Waals surface area contributed by atoms with Gasteiger partial charge in [-0.3, -0.25) is 0 Å². The maximum atomic E-state index is 5.64. The number of methoxy groups -OCH3 is 2. The molecule has 0 aliphatic heterocycles. The maximum Gasteiger partial charge on any atom is 0.122 e. The van der Waals surface area contributed by atoms with E-state index in [4.69, 9.17) is 15.2 Å². The summed E-state index contributed by atoms with van der Waals surface area (Å²) in [5.41, 5.74) is 7.91. The van der Waals surface area contributed by atoms with Crippen molar-refractivity contribution in [2.45, 2.75) is 19.4 Å². The highest BCUT2D eigenvalue weighted by atomic mass is 16.5. The first-order chi connectivity index (χ1) is 7.22. The fourth-order valence-corrected chi connectivity index (χ4v) is 1.55. The SMILES string of the molecule is COCc1ccc(C(C)CN)c(OC)c1. The van der Waals surface area contributed by atoms with E-state index in [1.807, 2.05) is 12.1 Å². The van der Waals surface area contributed by atoms with Gasteiger partial charge in [0.1, 0.15) is 5.75 Å². The Hall–Kier alpha value is -1.06. The minimum Gasteiger partial charge on any atom is -0.496 e. The number of hydrogen-bond acceptors (Lipinski definition) is 3. The van der Waals surface area contributed by atoms with Gasteiger partial charge in [0.05, 0.1) is 13.7 Å². The molecule has 0 aromatic heterocycles. The number of rotatable bonds is 5. The summed E-state index contributed by atoms with van der Waals surface area (Å²) in [6, 6.07) is 6.11. The summed E-state index contributed by atoms with van der Waals surface area (Å²) in [6.45, 7) is 3.32. The van der Waals surface area contributed by atoms with Crippen LogP contribution < -0.4 is 10.5 Å². The van der Waals surface area contributed by atoms with Crippen molar-refractivity contribution in [2.24, 2.45) is 5.73 Å². The van der Waals surface area contributed by atoms with Crippen molar-refractivity contribution in [1.29, 1.82) is 0 Å². The summed E-state index contributed by atoms with van der Waals surface area (Å²) >= 11 is 0. The minimum absolute atomic E-state index is 0.316. The summed E-state index contributed by atoms with van der Waals surface area (Å²) in [4.78, 5) is 0. The first-order valence-corrected chi connectivity index (χ1v) is 5.08. The largest absolute Gasteiger partial charge is 0.496 e. The molecule has 0 heterocycles. The molecule has 0 radical (unpaired) electrons. The average molecular weight is 209 g/mol. The molecule has 3 nitrogen and oxygen atoms in total. The summed E-state index contributed by atoms with van der Waals surface area (Å²) in [6.07, 6.45) is 0. The van der Waals surface area contributed by atoms with Crippen molar-refractivity contribution in [3.05, 3.63) is 29.3 Å². The van der Waals surface area contributed by atoms with E-state index in [1.54, 1.807) is 14.2 Å². The molecule has 0 aliphatic rings. The summed E-state index contributed by atoms with van der Waals surface area (Å²) in [5.74, 6) is 1.21. The van der Waals surface area contributed by atoms with E-state index in [9.17, 15) is 0 Å². The number of hydrogen-bond donors (Lipinski definition) is 1. The maximum absolute atomic E-state index is 5.64. The van der Waals surface area contributed by atoms with Gasteiger partial charge in [0.15, 0.2) is 0 Å². The van der Waals surface area contributed by atoms with Gasteiger partial charge in [-0.25, -0.2) is 0 Å². The molecular weight excluding hydrogens is 190 g/mol. The Bertz CT molecular complexity index is 312. The highest BCUT2D eigenvalue weighted by Gasteiger charge is 2.10. The molecule has 0 aliphatic carbocycles. The van der Waals surface area contributed by atoms with Crippen LogP contribution in [0.2, 0.25) is 0 Å². The standard InChI is InChI=1S/C12H19NO2/c1-9(7-13)11-5-4-10(8-14-2)6-12(11)15-3/h4-6,9H,7-8,13H2,1-3H3. The monoisotopic (exact) mass is 209 g/mol. The van der Waals surface area contributed by atoms with Gasteiger partial charge in [-0.1, -0.05) is 19.1 Å². The van der Waals surface area contributed by atoms with Crippen LogP contribution in [-0.2, 0) is 11.3 Å². The molecule has 0 amide bonds. The highest BCUT2D eigenvalue weighted by molar-refractivity contribution is 5.39. The number of ether oxygens (including phenoxy) is 2. The second kappa shape index (κ2) is 5.73. The molecule has 1 aromatic rings. The lowest BCUT2D eigenvalue weighted by atomic mass is 9.99. The Morgan fingerprint density at radius 2 is 2.07 bits per heavy atom. The van der Waals surface area contributed by atoms with Crippen LogP contribution in [0.3, 0.4) is 0 Å². The van der Waals surface area contributed by atoms with E-state index in [2.05, 4.69) is 13.0 Å². The van der Waals surface area contributed by atoms with Crippen molar-refractivity contribution in [3.63, 3.8) is 0 Å². The van der Waals surface area contributed by atoms with Crippen LogP contribution >= 0.6 is 0 Å². The van der Waals surface area contributed by atoms with Gasteiger partial charge in [-0.05, 0) is 29.7 Å². The second-order valence-electron chi connectivity index (χ2n) is 3.65. The van der Waals surface area contributed by atoms with E-state index in [0.29, 0.717) is 19.1 Å². The first kappa shape index (κ1) is 12.0. The van der Waals surface area contributed by atoms with Gasteiger partial charge in [-0.2, -0.15) is 0 Å². The molecule has 0 bridgehead atoms. The Balaban J connectivity index is 2.98. The molecule has 0 fully saturated rings. The molecule has 1 unspecified atom stereocenters. The molecule has 3 heteroatoms. The Morgan fingerprint density at radius 3 is 2.60 bits per heavy atom. The average Bonchev–Trinajstić information content (AvgIpc) is 2.28. The molecule has 0 saturated carbocycles. The van der Waals surface area contributed by atoms with E-state index >= 15 is 0 Å². The Kier molecular flexibility index (Phi) is 4.59. The zero-order valence-electron chi connectivity index (χ0n) is 9.62. The zero-order valence-corrected chi connectivity index (χ0v) is 9.62. The summed E-state index contributed by atoms with van der Waals surface area (Å²) in [7, 11) is 3.36. The topological polar surface area (TPSA) is 44.5 Å². The predicted molar refractivity (Wildman–Crippen MR) is 61.2 cm³/mol. The van der Waals surface area contributed by atoms with Crippen LogP contribution in [0.25, 0.3) is 0 Å². The summed E-state index contributed by atoms with van der Waals surface area (Å²) < 4.78 is 10.4. The second-order valence-corrected chi connectivity index (χ2v) is 3.65. The van der Waals surface area contributed by atoms with Crippen molar-refractivity contribution in [2.75, 3.05) is 20.8 Å². The van der Waals surface area contributed by atoms with E-state index in [-0.39, 0.29) is 0 Å². The van der Waals surface area contributed by atoms with Crippen molar-refractivity contribution >= 4 is 0 Å². The van der Waals surface area contributed by atoms with E-state index in [1.165, 1.54) is 0 Å². The molecule has 1 atom stereocenters. The lowest BCUT2D eigenvalue weighted by Gasteiger charge is -2.15. The van der Waals surface area contributed by atoms with Crippen LogP contribution in [0.15, 0.2) is 18.2 Å². The Labute approximate surface area is 91.2 Å². The van der Waals surface area contributed by atoms with Gasteiger partial charge < -0.3 is 15.2 Å². The summed E-state index contributed by atoms with van der Waals surface area (Å²) in [5, 5.41) is 0. The van der Waals surface area contributed by atoms with Crippen LogP contribution in [0.4, 0.5) is 0 Å².